The van der Waals surface area contributed by atoms with E-state index in [9.17, 15) is 4.79 Å². The highest BCUT2D eigenvalue weighted by molar-refractivity contribution is 5.94. The number of ether oxygens (including phenoxy) is 1. The maximum absolute atomic E-state index is 12.2. The van der Waals surface area contributed by atoms with Crippen LogP contribution in [-0.2, 0) is 13.0 Å². The van der Waals surface area contributed by atoms with Crippen LogP contribution in [-0.4, -0.2) is 50.1 Å². The van der Waals surface area contributed by atoms with Crippen molar-refractivity contribution < 1.29 is 9.53 Å². The van der Waals surface area contributed by atoms with Gasteiger partial charge in [-0.2, -0.15) is 0 Å². The van der Waals surface area contributed by atoms with Crippen LogP contribution >= 0.6 is 0 Å². The fourth-order valence-electron chi connectivity index (χ4n) is 3.08. The Morgan fingerprint density at radius 1 is 1.10 bits per heavy atom. The molecular formula is C25H36N4O2. The zero-order valence-electron chi connectivity index (χ0n) is 19.9. The van der Waals surface area contributed by atoms with E-state index in [-0.39, 0.29) is 11.5 Å². The molecule has 0 aliphatic rings. The van der Waals surface area contributed by atoms with Crippen LogP contribution in [0, 0.1) is 6.92 Å². The van der Waals surface area contributed by atoms with Crippen LogP contribution in [0.4, 0.5) is 0 Å². The number of carbonyl (C=O) groups excluding carboxylic acids is 1. The standard InChI is InChI=1S/C25H36N4O2/c1-18-11-12-21(22(15-18)31-25(2,3)4)17-28-24(26-5)27-14-13-19-9-8-10-20(16-19)23(30)29(6)7/h8-12,15-16H,13-14,17H2,1-7H3,(H2,26,27,28). The van der Waals surface area contributed by atoms with E-state index >= 15 is 0 Å². The number of aliphatic imine (C=N–C) groups is 1. The third-order valence-corrected chi connectivity index (χ3v) is 4.59. The van der Waals surface area contributed by atoms with Crippen molar-refractivity contribution in [1.82, 2.24) is 15.5 Å². The fourth-order valence-corrected chi connectivity index (χ4v) is 3.08. The Labute approximate surface area is 186 Å². The number of nitrogens with zero attached hydrogens (tertiary/aromatic N) is 2. The van der Waals surface area contributed by atoms with Crippen molar-refractivity contribution in [1.29, 1.82) is 0 Å². The molecule has 1 amide bonds. The Morgan fingerprint density at radius 3 is 2.48 bits per heavy atom. The Balaban J connectivity index is 1.93. The molecule has 0 heterocycles. The minimum Gasteiger partial charge on any atom is -0.488 e. The van der Waals surface area contributed by atoms with Crippen molar-refractivity contribution in [3.8, 4) is 5.75 Å². The van der Waals surface area contributed by atoms with Crippen LogP contribution in [0.5, 0.6) is 5.75 Å². The molecule has 0 aromatic heterocycles. The van der Waals surface area contributed by atoms with E-state index < -0.39 is 0 Å². The zero-order valence-corrected chi connectivity index (χ0v) is 19.9. The summed E-state index contributed by atoms with van der Waals surface area (Å²) in [4.78, 5) is 18.1. The summed E-state index contributed by atoms with van der Waals surface area (Å²) in [7, 11) is 5.28. The Morgan fingerprint density at radius 2 is 1.84 bits per heavy atom. The number of hydrogen-bond acceptors (Lipinski definition) is 3. The number of benzene rings is 2. The molecular weight excluding hydrogens is 388 g/mol. The number of aryl methyl sites for hydroxylation is 1. The molecule has 6 heteroatoms. The van der Waals surface area contributed by atoms with Crippen LogP contribution in [0.25, 0.3) is 0 Å². The lowest BCUT2D eigenvalue weighted by atomic mass is 10.1. The normalized spacial score (nSPS) is 11.8. The second kappa shape index (κ2) is 10.8. The van der Waals surface area contributed by atoms with Gasteiger partial charge in [-0.3, -0.25) is 9.79 Å². The lowest BCUT2D eigenvalue weighted by Crippen LogP contribution is -2.38. The molecule has 2 N–H and O–H groups in total. The van der Waals surface area contributed by atoms with Crippen molar-refractivity contribution in [3.63, 3.8) is 0 Å². The quantitative estimate of drug-likeness (QED) is 0.524. The van der Waals surface area contributed by atoms with E-state index in [0.717, 1.165) is 29.3 Å². The van der Waals surface area contributed by atoms with Gasteiger partial charge in [-0.15, -0.1) is 0 Å². The average Bonchev–Trinajstić information content (AvgIpc) is 2.70. The lowest BCUT2D eigenvalue weighted by molar-refractivity contribution is 0.0827. The number of hydrogen-bond donors (Lipinski definition) is 2. The molecule has 2 aromatic carbocycles. The highest BCUT2D eigenvalue weighted by Crippen LogP contribution is 2.24. The SMILES string of the molecule is CN=C(NCCc1cccc(C(=O)N(C)C)c1)NCc1ccc(C)cc1OC(C)(C)C. The van der Waals surface area contributed by atoms with Gasteiger partial charge in [0.1, 0.15) is 11.4 Å². The lowest BCUT2D eigenvalue weighted by Gasteiger charge is -2.24. The van der Waals surface area contributed by atoms with Crippen molar-refractivity contribution >= 4 is 11.9 Å². The summed E-state index contributed by atoms with van der Waals surface area (Å²) in [5, 5.41) is 6.70. The maximum atomic E-state index is 12.2. The second-order valence-electron chi connectivity index (χ2n) is 8.83. The number of carbonyl (C=O) groups is 1. The smallest absolute Gasteiger partial charge is 0.253 e. The van der Waals surface area contributed by atoms with Gasteiger partial charge in [0.25, 0.3) is 5.91 Å². The molecule has 0 spiro atoms. The summed E-state index contributed by atoms with van der Waals surface area (Å²) >= 11 is 0. The van der Waals surface area contributed by atoms with Gasteiger partial charge in [-0.05, 0) is 63.4 Å². The molecule has 0 saturated heterocycles. The first kappa shape index (κ1) is 24.3. The Kier molecular flexibility index (Phi) is 8.48. The van der Waals surface area contributed by atoms with E-state index in [2.05, 4.69) is 40.7 Å². The van der Waals surface area contributed by atoms with Gasteiger partial charge >= 0.3 is 0 Å². The van der Waals surface area contributed by atoms with Gasteiger partial charge in [0.05, 0.1) is 0 Å². The van der Waals surface area contributed by atoms with Crippen molar-refractivity contribution in [2.45, 2.75) is 46.3 Å². The highest BCUT2D eigenvalue weighted by atomic mass is 16.5. The topological polar surface area (TPSA) is 66.0 Å². The van der Waals surface area contributed by atoms with Gasteiger partial charge in [-0.1, -0.05) is 24.3 Å². The van der Waals surface area contributed by atoms with Crippen molar-refractivity contribution in [2.75, 3.05) is 27.7 Å². The molecule has 0 aliphatic carbocycles. The fraction of sp³-hybridized carbons (Fsp3) is 0.440. The third-order valence-electron chi connectivity index (χ3n) is 4.59. The molecule has 0 bridgehead atoms. The van der Waals surface area contributed by atoms with E-state index in [1.807, 2.05) is 45.0 Å². The summed E-state index contributed by atoms with van der Waals surface area (Å²) in [5.74, 6) is 1.62. The number of rotatable bonds is 7. The molecule has 0 unspecified atom stereocenters. The molecule has 0 aliphatic heterocycles. The summed E-state index contributed by atoms with van der Waals surface area (Å²) in [6.07, 6.45) is 0.790. The summed E-state index contributed by atoms with van der Waals surface area (Å²) in [6, 6.07) is 14.0. The first-order chi connectivity index (χ1) is 14.6. The average molecular weight is 425 g/mol. The molecule has 0 atom stereocenters. The Bertz CT molecular complexity index is 914. The second-order valence-corrected chi connectivity index (χ2v) is 8.83. The van der Waals surface area contributed by atoms with E-state index in [0.29, 0.717) is 18.7 Å². The predicted molar refractivity (Wildman–Crippen MR) is 128 cm³/mol. The highest BCUT2D eigenvalue weighted by Gasteiger charge is 2.15. The minimum atomic E-state index is -0.259. The van der Waals surface area contributed by atoms with E-state index in [1.54, 1.807) is 26.0 Å². The molecule has 2 rings (SSSR count). The summed E-state index contributed by atoms with van der Waals surface area (Å²) < 4.78 is 6.13. The van der Waals surface area contributed by atoms with Crippen molar-refractivity contribution in [2.24, 2.45) is 4.99 Å². The van der Waals surface area contributed by atoms with Crippen LogP contribution in [0.15, 0.2) is 47.5 Å². The molecule has 0 fully saturated rings. The maximum Gasteiger partial charge on any atom is 0.253 e. The third kappa shape index (κ3) is 7.96. The van der Waals surface area contributed by atoms with E-state index in [1.165, 1.54) is 5.56 Å². The molecule has 6 nitrogen and oxygen atoms in total. The monoisotopic (exact) mass is 424 g/mol. The van der Waals surface area contributed by atoms with Gasteiger partial charge in [-0.25, -0.2) is 0 Å². The molecule has 168 valence electrons. The largest absolute Gasteiger partial charge is 0.488 e. The molecule has 0 radical (unpaired) electrons. The van der Waals surface area contributed by atoms with Crippen LogP contribution in [0.2, 0.25) is 0 Å². The molecule has 31 heavy (non-hydrogen) atoms. The minimum absolute atomic E-state index is 0.0127. The predicted octanol–water partition coefficient (Wildman–Crippen LogP) is 3.78. The van der Waals surface area contributed by atoms with Gasteiger partial charge in [0.15, 0.2) is 5.96 Å². The number of guanidine groups is 1. The van der Waals surface area contributed by atoms with Crippen LogP contribution in [0.3, 0.4) is 0 Å². The first-order valence-electron chi connectivity index (χ1n) is 10.6. The van der Waals surface area contributed by atoms with Gasteiger partial charge in [0, 0.05) is 45.4 Å². The molecule has 2 aromatic rings. The van der Waals surface area contributed by atoms with Crippen molar-refractivity contribution in [3.05, 3.63) is 64.7 Å². The number of nitrogens with one attached hydrogen (secondary N) is 2. The van der Waals surface area contributed by atoms with E-state index in [4.69, 9.17) is 4.74 Å². The van der Waals surface area contributed by atoms with Gasteiger partial charge < -0.3 is 20.3 Å². The Hall–Kier alpha value is -3.02. The van der Waals surface area contributed by atoms with Gasteiger partial charge in [0.2, 0.25) is 0 Å². The molecule has 0 saturated carbocycles. The summed E-state index contributed by atoms with van der Waals surface area (Å²) in [6.45, 7) is 9.53. The zero-order chi connectivity index (χ0) is 23.0. The van der Waals surface area contributed by atoms with Crippen LogP contribution in [0.1, 0.15) is 47.8 Å². The first-order valence-corrected chi connectivity index (χ1v) is 10.6. The number of amides is 1. The van der Waals surface area contributed by atoms with Crippen LogP contribution < -0.4 is 15.4 Å². The summed E-state index contributed by atoms with van der Waals surface area (Å²) in [5.41, 5.74) is 3.80.